The second-order valence-corrected chi connectivity index (χ2v) is 5.11. The molecule has 1 fully saturated rings. The van der Waals surface area contributed by atoms with Crippen molar-refractivity contribution in [1.29, 1.82) is 0 Å². The Kier molecular flexibility index (Phi) is 4.78. The number of rotatable bonds is 5. The summed E-state index contributed by atoms with van der Waals surface area (Å²) in [4.78, 5) is 1.32. The lowest BCUT2D eigenvalue weighted by Gasteiger charge is -2.27. The Morgan fingerprint density at radius 3 is 2.94 bits per heavy atom. The van der Waals surface area contributed by atoms with Crippen LogP contribution in [0.2, 0.25) is 0 Å². The Labute approximate surface area is 100 Å². The molecule has 3 nitrogen and oxygen atoms in total. The topological polar surface area (TPSA) is 41.5 Å². The van der Waals surface area contributed by atoms with Gasteiger partial charge in [-0.15, -0.1) is 11.3 Å². The Balaban J connectivity index is 1.91. The summed E-state index contributed by atoms with van der Waals surface area (Å²) in [6.45, 7) is 1.95. The first-order valence-electron chi connectivity index (χ1n) is 5.88. The highest BCUT2D eigenvalue weighted by Crippen LogP contribution is 2.23. The van der Waals surface area contributed by atoms with Crippen LogP contribution < -0.4 is 5.32 Å². The predicted molar refractivity (Wildman–Crippen MR) is 65.7 cm³/mol. The van der Waals surface area contributed by atoms with Crippen molar-refractivity contribution < 1.29 is 9.84 Å². The number of hydrogen-bond donors (Lipinski definition) is 2. The second-order valence-electron chi connectivity index (χ2n) is 4.13. The zero-order chi connectivity index (χ0) is 11.2. The van der Waals surface area contributed by atoms with Crippen LogP contribution in [0.3, 0.4) is 0 Å². The van der Waals surface area contributed by atoms with E-state index < -0.39 is 0 Å². The summed E-state index contributed by atoms with van der Waals surface area (Å²) < 4.78 is 5.35. The average Bonchev–Trinajstić information content (AvgIpc) is 2.83. The van der Waals surface area contributed by atoms with E-state index in [1.807, 2.05) is 0 Å². The molecule has 0 bridgehead atoms. The van der Waals surface area contributed by atoms with Crippen LogP contribution in [0.1, 0.15) is 30.2 Å². The molecule has 16 heavy (non-hydrogen) atoms. The lowest BCUT2D eigenvalue weighted by Crippen LogP contribution is -2.37. The van der Waals surface area contributed by atoms with Gasteiger partial charge in [0.2, 0.25) is 0 Å². The van der Waals surface area contributed by atoms with Gasteiger partial charge in [-0.05, 0) is 30.7 Å². The van der Waals surface area contributed by atoms with Crippen molar-refractivity contribution in [3.05, 3.63) is 22.4 Å². The fourth-order valence-electron chi connectivity index (χ4n) is 2.08. The minimum Gasteiger partial charge on any atom is -0.396 e. The molecule has 90 valence electrons. The summed E-state index contributed by atoms with van der Waals surface area (Å²) in [5, 5.41) is 14.8. The maximum absolute atomic E-state index is 9.10. The maximum atomic E-state index is 9.10. The van der Waals surface area contributed by atoms with Gasteiger partial charge in [0.05, 0.1) is 0 Å². The molecule has 1 atom stereocenters. The third-order valence-corrected chi connectivity index (χ3v) is 3.95. The molecule has 1 saturated heterocycles. The number of thiophene rings is 1. The Morgan fingerprint density at radius 1 is 1.50 bits per heavy atom. The first kappa shape index (κ1) is 12.0. The summed E-state index contributed by atoms with van der Waals surface area (Å²) in [5.74, 6) is 0. The van der Waals surface area contributed by atoms with Gasteiger partial charge >= 0.3 is 0 Å². The van der Waals surface area contributed by atoms with Gasteiger partial charge in [-0.2, -0.15) is 0 Å². The SMILES string of the molecule is OCCC(NC1CCOCC1)c1cccs1. The van der Waals surface area contributed by atoms with Gasteiger partial charge in [-0.25, -0.2) is 0 Å². The van der Waals surface area contributed by atoms with Crippen molar-refractivity contribution in [1.82, 2.24) is 5.32 Å². The van der Waals surface area contributed by atoms with E-state index >= 15 is 0 Å². The third kappa shape index (κ3) is 3.28. The van der Waals surface area contributed by atoms with Gasteiger partial charge in [0.1, 0.15) is 0 Å². The zero-order valence-corrected chi connectivity index (χ0v) is 10.2. The molecule has 2 rings (SSSR count). The largest absolute Gasteiger partial charge is 0.396 e. The first-order valence-corrected chi connectivity index (χ1v) is 6.76. The molecule has 0 spiro atoms. The van der Waals surface area contributed by atoms with Gasteiger partial charge in [0.15, 0.2) is 0 Å². The summed E-state index contributed by atoms with van der Waals surface area (Å²) in [6, 6.07) is 5.04. The van der Waals surface area contributed by atoms with Crippen molar-refractivity contribution in [3.8, 4) is 0 Å². The second kappa shape index (κ2) is 6.35. The lowest BCUT2D eigenvalue weighted by atomic mass is 10.1. The molecule has 0 aromatic carbocycles. The third-order valence-electron chi connectivity index (χ3n) is 2.96. The molecule has 0 aliphatic carbocycles. The monoisotopic (exact) mass is 241 g/mol. The predicted octanol–water partition coefficient (Wildman–Crippen LogP) is 1.94. The van der Waals surface area contributed by atoms with E-state index in [2.05, 4.69) is 22.8 Å². The molecule has 1 aromatic rings. The number of ether oxygens (including phenoxy) is 1. The first-order chi connectivity index (χ1) is 7.90. The lowest BCUT2D eigenvalue weighted by molar-refractivity contribution is 0.0738. The van der Waals surface area contributed by atoms with Crippen LogP contribution >= 0.6 is 11.3 Å². The molecule has 0 radical (unpaired) electrons. The van der Waals surface area contributed by atoms with E-state index in [1.54, 1.807) is 11.3 Å². The average molecular weight is 241 g/mol. The van der Waals surface area contributed by atoms with E-state index in [9.17, 15) is 0 Å². The van der Waals surface area contributed by atoms with Crippen LogP contribution in [0.5, 0.6) is 0 Å². The molecule has 1 unspecified atom stereocenters. The Bertz CT molecular complexity index is 283. The van der Waals surface area contributed by atoms with E-state index in [-0.39, 0.29) is 6.61 Å². The number of hydrogen-bond acceptors (Lipinski definition) is 4. The van der Waals surface area contributed by atoms with Crippen molar-refractivity contribution >= 4 is 11.3 Å². The van der Waals surface area contributed by atoms with Crippen molar-refractivity contribution in [2.45, 2.75) is 31.3 Å². The van der Waals surface area contributed by atoms with Crippen LogP contribution in [0.4, 0.5) is 0 Å². The van der Waals surface area contributed by atoms with Crippen LogP contribution in [0.15, 0.2) is 17.5 Å². The molecule has 0 saturated carbocycles. The molecule has 4 heteroatoms. The van der Waals surface area contributed by atoms with Gasteiger partial charge in [0.25, 0.3) is 0 Å². The molecule has 1 aliphatic heterocycles. The van der Waals surface area contributed by atoms with Gasteiger partial charge in [-0.1, -0.05) is 6.07 Å². The molecule has 2 heterocycles. The van der Waals surface area contributed by atoms with Crippen molar-refractivity contribution in [3.63, 3.8) is 0 Å². The van der Waals surface area contributed by atoms with E-state index in [4.69, 9.17) is 9.84 Å². The van der Waals surface area contributed by atoms with Crippen molar-refractivity contribution in [2.75, 3.05) is 19.8 Å². The standard InChI is InChI=1S/C12H19NO2S/c14-6-3-11(12-2-1-9-16-12)13-10-4-7-15-8-5-10/h1-2,9-11,13-14H,3-8H2. The van der Waals surface area contributed by atoms with Gasteiger partial charge < -0.3 is 15.2 Å². The zero-order valence-electron chi connectivity index (χ0n) is 9.39. The normalized spacial score (nSPS) is 19.8. The number of aliphatic hydroxyl groups is 1. The molecule has 1 aromatic heterocycles. The van der Waals surface area contributed by atoms with Gasteiger partial charge in [0, 0.05) is 36.8 Å². The summed E-state index contributed by atoms with van der Waals surface area (Å²) in [6.07, 6.45) is 2.94. The summed E-state index contributed by atoms with van der Waals surface area (Å²) >= 11 is 1.75. The molecule has 1 aliphatic rings. The van der Waals surface area contributed by atoms with Crippen LogP contribution in [0.25, 0.3) is 0 Å². The minimum absolute atomic E-state index is 0.235. The quantitative estimate of drug-likeness (QED) is 0.828. The smallest absolute Gasteiger partial charge is 0.0480 e. The van der Waals surface area contributed by atoms with Gasteiger partial charge in [-0.3, -0.25) is 0 Å². The molecule has 0 amide bonds. The van der Waals surface area contributed by atoms with Crippen LogP contribution in [0, 0.1) is 0 Å². The van der Waals surface area contributed by atoms with Crippen LogP contribution in [-0.2, 0) is 4.74 Å². The fraction of sp³-hybridized carbons (Fsp3) is 0.667. The fourth-order valence-corrected chi connectivity index (χ4v) is 2.90. The summed E-state index contributed by atoms with van der Waals surface area (Å²) in [7, 11) is 0. The van der Waals surface area contributed by atoms with E-state index in [1.165, 1.54) is 4.88 Å². The highest BCUT2D eigenvalue weighted by atomic mass is 32.1. The maximum Gasteiger partial charge on any atom is 0.0480 e. The number of aliphatic hydroxyl groups excluding tert-OH is 1. The highest BCUT2D eigenvalue weighted by molar-refractivity contribution is 7.10. The van der Waals surface area contributed by atoms with E-state index in [0.29, 0.717) is 12.1 Å². The Hall–Kier alpha value is -0.420. The summed E-state index contributed by atoms with van der Waals surface area (Å²) in [5.41, 5.74) is 0. The Morgan fingerprint density at radius 2 is 2.31 bits per heavy atom. The van der Waals surface area contributed by atoms with Crippen LogP contribution in [-0.4, -0.2) is 31.0 Å². The molecular weight excluding hydrogens is 222 g/mol. The number of nitrogens with one attached hydrogen (secondary N) is 1. The highest BCUT2D eigenvalue weighted by Gasteiger charge is 2.19. The molecular formula is C12H19NO2S. The molecule has 2 N–H and O–H groups in total. The van der Waals surface area contributed by atoms with E-state index in [0.717, 1.165) is 32.5 Å². The van der Waals surface area contributed by atoms with Crippen molar-refractivity contribution in [2.24, 2.45) is 0 Å². The minimum atomic E-state index is 0.235.